The van der Waals surface area contributed by atoms with Crippen LogP contribution in [0.15, 0.2) is 24.3 Å². The zero-order chi connectivity index (χ0) is 22.6. The number of rotatable bonds is 5. The molecule has 1 atom stereocenters. The van der Waals surface area contributed by atoms with Gasteiger partial charge in [0.15, 0.2) is 0 Å². The lowest BCUT2D eigenvalue weighted by Crippen LogP contribution is -2.57. The zero-order valence-electron chi connectivity index (χ0n) is 19.4. The van der Waals surface area contributed by atoms with Crippen LogP contribution in [0, 0.1) is 23.2 Å². The first kappa shape index (κ1) is 21.2. The van der Waals surface area contributed by atoms with E-state index in [1.54, 1.807) is 0 Å². The van der Waals surface area contributed by atoms with Gasteiger partial charge in [0.25, 0.3) is 0 Å². The molecule has 6 heteroatoms. The lowest BCUT2D eigenvalue weighted by Gasteiger charge is -2.56. The molecule has 1 aromatic carbocycles. The second kappa shape index (κ2) is 8.14. The van der Waals surface area contributed by atoms with E-state index in [0.29, 0.717) is 13.0 Å². The summed E-state index contributed by atoms with van der Waals surface area (Å²) in [6, 6.07) is 7.56. The quantitative estimate of drug-likeness (QED) is 0.746. The summed E-state index contributed by atoms with van der Waals surface area (Å²) < 4.78 is 0. The third kappa shape index (κ3) is 3.75. The number of hydrogen-bond donors (Lipinski definition) is 1. The molecule has 0 radical (unpaired) electrons. The highest BCUT2D eigenvalue weighted by atomic mass is 16.2. The Hall–Kier alpha value is -2.37. The van der Waals surface area contributed by atoms with Crippen molar-refractivity contribution < 1.29 is 14.4 Å². The number of carbonyl (C=O) groups excluding carboxylic acids is 3. The summed E-state index contributed by atoms with van der Waals surface area (Å²) in [5, 5.41) is 3.08. The fourth-order valence-corrected chi connectivity index (χ4v) is 7.98. The van der Waals surface area contributed by atoms with Crippen molar-refractivity contribution in [1.82, 2.24) is 10.2 Å². The van der Waals surface area contributed by atoms with Crippen LogP contribution in [-0.4, -0.2) is 41.8 Å². The Bertz CT molecular complexity index is 921. The van der Waals surface area contributed by atoms with E-state index in [-0.39, 0.29) is 29.2 Å². The van der Waals surface area contributed by atoms with Gasteiger partial charge in [0.05, 0.1) is 5.41 Å². The summed E-state index contributed by atoms with van der Waals surface area (Å²) in [5.41, 5.74) is 1.76. The molecular formula is C27H35N3O3. The molecule has 2 aliphatic heterocycles. The van der Waals surface area contributed by atoms with Crippen LogP contribution in [0.3, 0.4) is 0 Å². The largest absolute Gasteiger partial charge is 0.350 e. The molecule has 2 saturated heterocycles. The molecule has 4 aliphatic carbocycles. The highest BCUT2D eigenvalue weighted by molar-refractivity contribution is 5.95. The third-order valence-electron chi connectivity index (χ3n) is 9.10. The highest BCUT2D eigenvalue weighted by Gasteiger charge is 2.56. The number of amides is 3. The van der Waals surface area contributed by atoms with E-state index in [9.17, 15) is 14.4 Å². The fourth-order valence-electron chi connectivity index (χ4n) is 7.98. The van der Waals surface area contributed by atoms with Crippen molar-refractivity contribution in [3.8, 4) is 0 Å². The number of likely N-dealkylation sites (tertiary alicyclic amines) is 1. The zero-order valence-corrected chi connectivity index (χ0v) is 19.4. The third-order valence-corrected chi connectivity index (χ3v) is 9.10. The summed E-state index contributed by atoms with van der Waals surface area (Å²) in [7, 11) is 0. The Morgan fingerprint density at radius 3 is 2.21 bits per heavy atom. The standard InChI is InChI=1S/C27H35N3O3/c31-24-4-2-9-29(24)22-7-5-18(6-8-22)17-28-25(32)23-3-1-10-30(23)26(33)27-14-19-11-20(15-27)13-21(12-19)16-27/h5-8,19-21,23H,1-4,9-17H2,(H,28,32)/t19?,20?,21?,23-,27?/m1/s1. The number of benzene rings is 1. The lowest BCUT2D eigenvalue weighted by molar-refractivity contribution is -0.160. The van der Waals surface area contributed by atoms with Gasteiger partial charge in [-0.05, 0) is 93.2 Å². The minimum Gasteiger partial charge on any atom is -0.350 e. The Morgan fingerprint density at radius 2 is 1.61 bits per heavy atom. The number of anilines is 1. The van der Waals surface area contributed by atoms with Crippen molar-refractivity contribution >= 4 is 23.4 Å². The van der Waals surface area contributed by atoms with E-state index in [1.807, 2.05) is 34.1 Å². The van der Waals surface area contributed by atoms with Crippen LogP contribution in [0.4, 0.5) is 5.69 Å². The van der Waals surface area contributed by atoms with E-state index in [0.717, 1.165) is 80.6 Å². The maximum absolute atomic E-state index is 13.8. The van der Waals surface area contributed by atoms with Gasteiger partial charge in [0.1, 0.15) is 6.04 Å². The SMILES string of the molecule is O=C(NCc1ccc(N2CCCC2=O)cc1)[C@H]1CCCN1C(=O)C12CC3CC(CC(C3)C1)C2. The molecule has 4 saturated carbocycles. The summed E-state index contributed by atoms with van der Waals surface area (Å²) in [6.07, 6.45) is 10.3. The Labute approximate surface area is 196 Å². The van der Waals surface area contributed by atoms with Crippen molar-refractivity contribution in [2.45, 2.75) is 76.8 Å². The average molecular weight is 450 g/mol. The van der Waals surface area contributed by atoms with E-state index in [2.05, 4.69) is 5.32 Å². The van der Waals surface area contributed by atoms with Gasteiger partial charge in [-0.15, -0.1) is 0 Å². The van der Waals surface area contributed by atoms with E-state index >= 15 is 0 Å². The number of nitrogens with one attached hydrogen (secondary N) is 1. The summed E-state index contributed by atoms with van der Waals surface area (Å²) in [6.45, 7) is 1.95. The normalized spacial score (nSPS) is 34.8. The van der Waals surface area contributed by atoms with Crippen LogP contribution < -0.4 is 10.2 Å². The summed E-state index contributed by atoms with van der Waals surface area (Å²) in [5.74, 6) is 2.63. The maximum Gasteiger partial charge on any atom is 0.243 e. The lowest BCUT2D eigenvalue weighted by atomic mass is 9.49. The number of carbonyl (C=O) groups is 3. The van der Waals surface area contributed by atoms with E-state index < -0.39 is 0 Å². The van der Waals surface area contributed by atoms with Crippen LogP contribution in [0.1, 0.15) is 69.8 Å². The summed E-state index contributed by atoms with van der Waals surface area (Å²) in [4.78, 5) is 42.6. The smallest absolute Gasteiger partial charge is 0.243 e. The van der Waals surface area contributed by atoms with Crippen LogP contribution in [0.2, 0.25) is 0 Å². The topological polar surface area (TPSA) is 69.7 Å². The first-order valence-electron chi connectivity index (χ1n) is 13.0. The fraction of sp³-hybridized carbons (Fsp3) is 0.667. The molecule has 1 N–H and O–H groups in total. The molecular weight excluding hydrogens is 414 g/mol. The predicted octanol–water partition coefficient (Wildman–Crippen LogP) is 3.64. The second-order valence-electron chi connectivity index (χ2n) is 11.4. The Morgan fingerprint density at radius 1 is 0.939 bits per heavy atom. The molecule has 0 aromatic heterocycles. The Balaban J connectivity index is 1.09. The van der Waals surface area contributed by atoms with Crippen LogP contribution in [0.25, 0.3) is 0 Å². The number of hydrogen-bond acceptors (Lipinski definition) is 3. The average Bonchev–Trinajstić information content (AvgIpc) is 3.46. The molecule has 6 fully saturated rings. The first-order valence-corrected chi connectivity index (χ1v) is 13.0. The van der Waals surface area contributed by atoms with Crippen molar-refractivity contribution in [3.05, 3.63) is 29.8 Å². The highest BCUT2D eigenvalue weighted by Crippen LogP contribution is 2.60. The molecule has 1 aromatic rings. The summed E-state index contributed by atoms with van der Waals surface area (Å²) >= 11 is 0. The van der Waals surface area contributed by atoms with Crippen LogP contribution >= 0.6 is 0 Å². The van der Waals surface area contributed by atoms with Crippen molar-refractivity contribution in [2.75, 3.05) is 18.0 Å². The molecule has 2 heterocycles. The van der Waals surface area contributed by atoms with Gasteiger partial charge in [0, 0.05) is 31.7 Å². The molecule has 3 amide bonds. The van der Waals surface area contributed by atoms with Gasteiger partial charge in [-0.2, -0.15) is 0 Å². The molecule has 33 heavy (non-hydrogen) atoms. The molecule has 4 bridgehead atoms. The monoisotopic (exact) mass is 449 g/mol. The predicted molar refractivity (Wildman–Crippen MR) is 125 cm³/mol. The molecule has 7 rings (SSSR count). The van der Waals surface area contributed by atoms with Gasteiger partial charge in [-0.25, -0.2) is 0 Å². The van der Waals surface area contributed by atoms with Crippen LogP contribution in [-0.2, 0) is 20.9 Å². The van der Waals surface area contributed by atoms with Gasteiger partial charge < -0.3 is 15.1 Å². The van der Waals surface area contributed by atoms with Crippen molar-refractivity contribution in [2.24, 2.45) is 23.2 Å². The Kier molecular flexibility index (Phi) is 5.22. The van der Waals surface area contributed by atoms with Crippen molar-refractivity contribution in [1.29, 1.82) is 0 Å². The molecule has 6 aliphatic rings. The minimum atomic E-state index is -0.327. The minimum absolute atomic E-state index is 0.0237. The van der Waals surface area contributed by atoms with Gasteiger partial charge in [-0.3, -0.25) is 14.4 Å². The second-order valence-corrected chi connectivity index (χ2v) is 11.4. The van der Waals surface area contributed by atoms with Crippen LogP contribution in [0.5, 0.6) is 0 Å². The van der Waals surface area contributed by atoms with E-state index in [1.165, 1.54) is 19.3 Å². The first-order chi connectivity index (χ1) is 16.0. The molecule has 0 unspecified atom stereocenters. The van der Waals surface area contributed by atoms with Crippen molar-refractivity contribution in [3.63, 3.8) is 0 Å². The van der Waals surface area contributed by atoms with Gasteiger partial charge >= 0.3 is 0 Å². The molecule has 0 spiro atoms. The maximum atomic E-state index is 13.8. The van der Waals surface area contributed by atoms with Gasteiger partial charge in [-0.1, -0.05) is 12.1 Å². The molecule has 6 nitrogen and oxygen atoms in total. The van der Waals surface area contributed by atoms with E-state index in [4.69, 9.17) is 0 Å². The molecule has 176 valence electrons. The van der Waals surface area contributed by atoms with Gasteiger partial charge in [0.2, 0.25) is 17.7 Å². The number of nitrogens with zero attached hydrogens (tertiary/aromatic N) is 2.